The number of nitrogens with zero attached hydrogens (tertiary/aromatic N) is 2. The Bertz CT molecular complexity index is 1500. The molecule has 1 aromatic heterocycles. The number of Topliss-reactive ketones (excluding diaryl/α,β-unsaturated/α-hetero) is 1. The molecule has 0 fully saturated rings. The highest BCUT2D eigenvalue weighted by molar-refractivity contribution is 7.89. The number of methoxy groups -OCH3 is 1. The minimum Gasteiger partial charge on any atom is -0.497 e. The van der Waals surface area contributed by atoms with Gasteiger partial charge in [0.25, 0.3) is 0 Å². The first-order chi connectivity index (χ1) is 16.7. The molecule has 0 saturated carbocycles. The topological polar surface area (TPSA) is 94.9 Å². The van der Waals surface area contributed by atoms with Crippen LogP contribution in [-0.4, -0.2) is 48.8 Å². The number of esters is 1. The molecule has 2 aromatic carbocycles. The van der Waals surface area contributed by atoms with E-state index in [9.17, 15) is 18.0 Å². The molecular weight excluding hydrogens is 468 g/mol. The maximum absolute atomic E-state index is 14.1. The number of carbonyl (C=O) groups excluding carboxylic acids is 2. The number of rotatable bonds is 5. The summed E-state index contributed by atoms with van der Waals surface area (Å²) in [4.78, 5) is 27.0. The molecule has 0 saturated heterocycles. The Morgan fingerprint density at radius 3 is 2.51 bits per heavy atom. The largest absolute Gasteiger partial charge is 0.497 e. The quantitative estimate of drug-likeness (QED) is 0.502. The number of aryl methyl sites for hydroxylation is 2. The number of fused-ring (bicyclic) bond motifs is 6. The van der Waals surface area contributed by atoms with Crippen LogP contribution in [0.25, 0.3) is 10.9 Å². The Morgan fingerprint density at radius 1 is 1.14 bits per heavy atom. The molecule has 2 bridgehead atoms. The maximum Gasteiger partial charge on any atom is 0.335 e. The summed E-state index contributed by atoms with van der Waals surface area (Å²) in [7, 11) is -0.758. The molecule has 9 heteroatoms. The van der Waals surface area contributed by atoms with Crippen molar-refractivity contribution in [2.75, 3.05) is 13.7 Å². The van der Waals surface area contributed by atoms with E-state index < -0.39 is 33.9 Å². The van der Waals surface area contributed by atoms with Crippen LogP contribution in [0.15, 0.2) is 59.0 Å². The van der Waals surface area contributed by atoms with E-state index >= 15 is 0 Å². The van der Waals surface area contributed by atoms with Gasteiger partial charge in [-0.25, -0.2) is 13.2 Å². The second-order valence-electron chi connectivity index (χ2n) is 8.75. The lowest BCUT2D eigenvalue weighted by Crippen LogP contribution is -2.54. The summed E-state index contributed by atoms with van der Waals surface area (Å²) >= 11 is 0. The van der Waals surface area contributed by atoms with Crippen LogP contribution in [0.2, 0.25) is 0 Å². The van der Waals surface area contributed by atoms with Gasteiger partial charge in [0.2, 0.25) is 10.0 Å². The van der Waals surface area contributed by atoms with Gasteiger partial charge < -0.3 is 14.0 Å². The van der Waals surface area contributed by atoms with Gasteiger partial charge in [-0.15, -0.1) is 0 Å². The van der Waals surface area contributed by atoms with E-state index in [4.69, 9.17) is 9.47 Å². The second-order valence-corrected chi connectivity index (χ2v) is 10.6. The van der Waals surface area contributed by atoms with Crippen molar-refractivity contribution >= 4 is 32.7 Å². The Labute approximate surface area is 203 Å². The standard InChI is InChI=1S/C26H26N2O6S/c1-5-34-26(30)19-12-13-20-24-22(18-11-8-16(33-4)14-21(18)27(24)3)25(29)23(19)28(20)35(31,32)17-9-6-15(2)7-10-17/h6-12,14,20,23H,5,13H2,1-4H3/t20-,23?/m0/s1. The first-order valence-electron chi connectivity index (χ1n) is 11.4. The average Bonchev–Trinajstić information content (AvgIpc) is 3.14. The molecule has 3 heterocycles. The lowest BCUT2D eigenvalue weighted by atomic mass is 9.83. The van der Waals surface area contributed by atoms with E-state index in [-0.39, 0.29) is 23.5 Å². The fraction of sp³-hybridized carbons (Fsp3) is 0.308. The minimum atomic E-state index is -4.14. The zero-order valence-electron chi connectivity index (χ0n) is 19.9. The summed E-state index contributed by atoms with van der Waals surface area (Å²) in [5, 5.41) is 0.695. The van der Waals surface area contributed by atoms with E-state index in [0.29, 0.717) is 22.4 Å². The molecule has 2 atom stereocenters. The van der Waals surface area contributed by atoms with Crippen LogP contribution >= 0.6 is 0 Å². The number of carbonyl (C=O) groups is 2. The highest BCUT2D eigenvalue weighted by atomic mass is 32.2. The van der Waals surface area contributed by atoms with Crippen molar-refractivity contribution in [3.8, 4) is 5.75 Å². The third-order valence-corrected chi connectivity index (χ3v) is 8.68. The molecule has 0 amide bonds. The minimum absolute atomic E-state index is 0.0555. The van der Waals surface area contributed by atoms with Crippen LogP contribution < -0.4 is 4.74 Å². The van der Waals surface area contributed by atoms with Crippen molar-refractivity contribution in [2.45, 2.75) is 37.2 Å². The fourth-order valence-corrected chi connectivity index (χ4v) is 6.89. The number of ketones is 1. The van der Waals surface area contributed by atoms with E-state index in [1.54, 1.807) is 44.4 Å². The smallest absolute Gasteiger partial charge is 0.335 e. The summed E-state index contributed by atoms with van der Waals surface area (Å²) in [6, 6.07) is 9.90. The van der Waals surface area contributed by atoms with Crippen molar-refractivity contribution in [3.05, 3.63) is 70.9 Å². The Balaban J connectivity index is 1.77. The maximum atomic E-state index is 14.1. The van der Waals surface area contributed by atoms with E-state index in [0.717, 1.165) is 11.1 Å². The van der Waals surface area contributed by atoms with Crippen LogP contribution in [-0.2, 0) is 26.6 Å². The van der Waals surface area contributed by atoms with Crippen LogP contribution in [0.5, 0.6) is 5.75 Å². The predicted molar refractivity (Wildman–Crippen MR) is 130 cm³/mol. The van der Waals surface area contributed by atoms with Gasteiger partial charge in [0.15, 0.2) is 5.78 Å². The van der Waals surface area contributed by atoms with Crippen LogP contribution in [0.3, 0.4) is 0 Å². The zero-order chi connectivity index (χ0) is 25.1. The Hall–Kier alpha value is -3.43. The fourth-order valence-electron chi connectivity index (χ4n) is 5.16. The molecule has 0 radical (unpaired) electrons. The van der Waals surface area contributed by atoms with Gasteiger partial charge in [-0.1, -0.05) is 23.8 Å². The normalized spacial score (nSPS) is 19.9. The predicted octanol–water partition coefficient (Wildman–Crippen LogP) is 3.69. The van der Waals surface area contributed by atoms with Gasteiger partial charge in [-0.05, 0) is 44.5 Å². The number of hydrogen-bond acceptors (Lipinski definition) is 6. The van der Waals surface area contributed by atoms with Crippen molar-refractivity contribution in [2.24, 2.45) is 7.05 Å². The van der Waals surface area contributed by atoms with E-state index in [1.165, 1.54) is 16.4 Å². The van der Waals surface area contributed by atoms with Crippen molar-refractivity contribution in [3.63, 3.8) is 0 Å². The molecule has 0 N–H and O–H groups in total. The molecule has 8 nitrogen and oxygen atoms in total. The summed E-state index contributed by atoms with van der Waals surface area (Å²) < 4.78 is 41.6. The number of ether oxygens (including phenoxy) is 2. The summed E-state index contributed by atoms with van der Waals surface area (Å²) in [6.45, 7) is 3.65. The molecule has 2 aliphatic rings. The van der Waals surface area contributed by atoms with Crippen LogP contribution in [0.1, 0.15) is 41.0 Å². The Morgan fingerprint density at radius 2 is 1.86 bits per heavy atom. The van der Waals surface area contributed by atoms with Gasteiger partial charge in [-0.3, -0.25) is 4.79 Å². The molecule has 5 rings (SSSR count). The molecule has 2 aliphatic heterocycles. The van der Waals surface area contributed by atoms with E-state index in [2.05, 4.69) is 0 Å². The number of sulfonamides is 1. The summed E-state index contributed by atoms with van der Waals surface area (Å²) in [5.74, 6) is -0.499. The molecule has 0 aliphatic carbocycles. The van der Waals surface area contributed by atoms with Gasteiger partial charge in [-0.2, -0.15) is 4.31 Å². The van der Waals surface area contributed by atoms with Crippen molar-refractivity contribution in [1.82, 2.24) is 8.87 Å². The third-order valence-electron chi connectivity index (χ3n) is 6.79. The molecule has 182 valence electrons. The van der Waals surface area contributed by atoms with Crippen molar-refractivity contribution < 1.29 is 27.5 Å². The number of benzene rings is 2. The number of hydrogen-bond donors (Lipinski definition) is 0. The lowest BCUT2D eigenvalue weighted by molar-refractivity contribution is -0.139. The second kappa shape index (κ2) is 8.35. The van der Waals surface area contributed by atoms with Crippen LogP contribution in [0.4, 0.5) is 0 Å². The first kappa shape index (κ1) is 23.3. The molecule has 3 aromatic rings. The SMILES string of the molecule is CCOC(=O)C1=CC[C@H]2c3c(c4ccc(OC)cc4n3C)C(=O)C1N2S(=O)(=O)c1ccc(C)cc1. The van der Waals surface area contributed by atoms with Gasteiger partial charge in [0, 0.05) is 24.2 Å². The van der Waals surface area contributed by atoms with Gasteiger partial charge in [0.05, 0.1) is 41.3 Å². The molecule has 0 spiro atoms. The average molecular weight is 495 g/mol. The van der Waals surface area contributed by atoms with E-state index in [1.807, 2.05) is 24.6 Å². The Kier molecular flexibility index (Phi) is 5.56. The number of aromatic nitrogens is 1. The summed E-state index contributed by atoms with van der Waals surface area (Å²) in [6.07, 6.45) is 1.88. The van der Waals surface area contributed by atoms with Crippen LogP contribution in [0, 0.1) is 6.92 Å². The molecular formula is C26H26N2O6S. The third kappa shape index (κ3) is 3.41. The van der Waals surface area contributed by atoms with Gasteiger partial charge in [0.1, 0.15) is 11.8 Å². The molecule has 35 heavy (non-hydrogen) atoms. The summed E-state index contributed by atoms with van der Waals surface area (Å²) in [5.41, 5.74) is 2.76. The van der Waals surface area contributed by atoms with Gasteiger partial charge >= 0.3 is 5.97 Å². The zero-order valence-corrected chi connectivity index (χ0v) is 20.8. The highest BCUT2D eigenvalue weighted by Gasteiger charge is 2.53. The molecule has 1 unspecified atom stereocenters. The van der Waals surface area contributed by atoms with Crippen molar-refractivity contribution in [1.29, 1.82) is 0 Å². The highest BCUT2D eigenvalue weighted by Crippen LogP contribution is 2.48. The lowest BCUT2D eigenvalue weighted by Gasteiger charge is -2.43. The monoisotopic (exact) mass is 494 g/mol. The first-order valence-corrected chi connectivity index (χ1v) is 12.8.